The molecule has 0 heteroatoms. The van der Waals surface area contributed by atoms with E-state index in [2.05, 4.69) is 19.1 Å². The molecule has 0 nitrogen and oxygen atoms in total. The summed E-state index contributed by atoms with van der Waals surface area (Å²) in [6.45, 7) is 2.26. The fourth-order valence-corrected chi connectivity index (χ4v) is 2.39. The lowest BCUT2D eigenvalue weighted by Crippen LogP contribution is -1.93. The quantitative estimate of drug-likeness (QED) is 0.578. The van der Waals surface area contributed by atoms with Gasteiger partial charge in [0.05, 0.1) is 0 Å². The van der Waals surface area contributed by atoms with Crippen LogP contribution in [0.3, 0.4) is 0 Å². The largest absolute Gasteiger partial charge is 0.0770 e. The first-order valence-corrected chi connectivity index (χ1v) is 5.29. The molecule has 0 heterocycles. The molecule has 0 spiro atoms. The summed E-state index contributed by atoms with van der Waals surface area (Å²) < 4.78 is 0. The maximum absolute atomic E-state index is 2.45. The van der Waals surface area contributed by atoms with Gasteiger partial charge in [0.1, 0.15) is 0 Å². The van der Waals surface area contributed by atoms with Crippen LogP contribution in [0.25, 0.3) is 0 Å². The van der Waals surface area contributed by atoms with Gasteiger partial charge in [-0.1, -0.05) is 37.5 Å². The minimum atomic E-state index is 0.925. The van der Waals surface area contributed by atoms with E-state index in [1.807, 2.05) is 0 Å². The van der Waals surface area contributed by atoms with E-state index in [1.165, 1.54) is 38.5 Å². The van der Waals surface area contributed by atoms with Gasteiger partial charge in [-0.05, 0) is 37.2 Å². The molecular formula is C12H18. The summed E-state index contributed by atoms with van der Waals surface area (Å²) in [4.78, 5) is 0. The summed E-state index contributed by atoms with van der Waals surface area (Å²) in [5.41, 5.74) is 3.29. The first-order chi connectivity index (χ1) is 5.90. The van der Waals surface area contributed by atoms with Gasteiger partial charge >= 0.3 is 0 Å². The molecule has 2 aliphatic carbocycles. The molecule has 0 radical (unpaired) electrons. The Balaban J connectivity index is 2.00. The molecule has 0 saturated heterocycles. The van der Waals surface area contributed by atoms with Crippen molar-refractivity contribution in [2.75, 3.05) is 0 Å². The monoisotopic (exact) mass is 162 g/mol. The van der Waals surface area contributed by atoms with Gasteiger partial charge in [-0.25, -0.2) is 0 Å². The van der Waals surface area contributed by atoms with Gasteiger partial charge in [0, 0.05) is 0 Å². The Labute approximate surface area is 75.4 Å². The zero-order chi connectivity index (χ0) is 8.39. The van der Waals surface area contributed by atoms with E-state index in [9.17, 15) is 0 Å². The van der Waals surface area contributed by atoms with Gasteiger partial charge in [-0.15, -0.1) is 0 Å². The highest BCUT2D eigenvalue weighted by Gasteiger charge is 2.19. The van der Waals surface area contributed by atoms with Crippen LogP contribution in [-0.4, -0.2) is 0 Å². The predicted molar refractivity (Wildman–Crippen MR) is 53.0 cm³/mol. The van der Waals surface area contributed by atoms with E-state index in [-0.39, 0.29) is 0 Å². The van der Waals surface area contributed by atoms with Crippen LogP contribution in [0.2, 0.25) is 0 Å². The van der Waals surface area contributed by atoms with Gasteiger partial charge in [-0.3, -0.25) is 0 Å². The molecule has 2 aliphatic rings. The first kappa shape index (κ1) is 8.10. The van der Waals surface area contributed by atoms with E-state index in [4.69, 9.17) is 0 Å². The lowest BCUT2D eigenvalue weighted by molar-refractivity contribution is 0.658. The zero-order valence-electron chi connectivity index (χ0n) is 7.97. The molecule has 66 valence electrons. The second kappa shape index (κ2) is 3.47. The van der Waals surface area contributed by atoms with Crippen molar-refractivity contribution in [1.29, 1.82) is 0 Å². The summed E-state index contributed by atoms with van der Waals surface area (Å²) in [6.07, 6.45) is 13.2. The highest BCUT2D eigenvalue weighted by molar-refractivity contribution is 5.34. The van der Waals surface area contributed by atoms with Gasteiger partial charge in [0.15, 0.2) is 0 Å². The van der Waals surface area contributed by atoms with Crippen molar-refractivity contribution in [3.8, 4) is 0 Å². The van der Waals surface area contributed by atoms with E-state index >= 15 is 0 Å². The molecule has 12 heavy (non-hydrogen) atoms. The van der Waals surface area contributed by atoms with Crippen LogP contribution in [0.5, 0.6) is 0 Å². The Morgan fingerprint density at radius 2 is 2.08 bits per heavy atom. The van der Waals surface area contributed by atoms with Crippen molar-refractivity contribution in [3.63, 3.8) is 0 Å². The minimum Gasteiger partial charge on any atom is -0.0770 e. The smallest absolute Gasteiger partial charge is 0.0130 e. The summed E-state index contributed by atoms with van der Waals surface area (Å²) in [5.74, 6) is 0.925. The third-order valence-electron chi connectivity index (χ3n) is 3.25. The normalized spacial score (nSPS) is 24.4. The second-order valence-electron chi connectivity index (χ2n) is 4.05. The van der Waals surface area contributed by atoms with E-state index in [1.54, 1.807) is 11.1 Å². The Hall–Kier alpha value is -0.520. The molecule has 0 unspecified atom stereocenters. The Bertz CT molecular complexity index is 214. The van der Waals surface area contributed by atoms with Crippen LogP contribution < -0.4 is 0 Å². The maximum Gasteiger partial charge on any atom is -0.0130 e. The molecule has 0 aliphatic heterocycles. The lowest BCUT2D eigenvalue weighted by atomic mass is 9.98. The van der Waals surface area contributed by atoms with Crippen molar-refractivity contribution in [2.24, 2.45) is 5.92 Å². The summed E-state index contributed by atoms with van der Waals surface area (Å²) in [5, 5.41) is 0. The van der Waals surface area contributed by atoms with Crippen molar-refractivity contribution in [2.45, 2.75) is 45.4 Å². The lowest BCUT2D eigenvalue weighted by Gasteiger charge is -2.07. The van der Waals surface area contributed by atoms with Gasteiger partial charge < -0.3 is 0 Å². The molecule has 0 aromatic rings. The van der Waals surface area contributed by atoms with Crippen LogP contribution in [0.15, 0.2) is 23.3 Å². The molecule has 0 bridgehead atoms. The average molecular weight is 162 g/mol. The van der Waals surface area contributed by atoms with E-state index in [0.29, 0.717) is 0 Å². The fourth-order valence-electron chi connectivity index (χ4n) is 2.39. The average Bonchev–Trinajstić information content (AvgIpc) is 2.75. The molecule has 1 saturated carbocycles. The minimum absolute atomic E-state index is 0.925. The Morgan fingerprint density at radius 3 is 2.67 bits per heavy atom. The predicted octanol–water partition coefficient (Wildman–Crippen LogP) is 3.84. The molecule has 2 rings (SSSR count). The number of rotatable bonds is 2. The number of hydrogen-bond donors (Lipinski definition) is 0. The van der Waals surface area contributed by atoms with Crippen molar-refractivity contribution < 1.29 is 0 Å². The van der Waals surface area contributed by atoms with Crippen molar-refractivity contribution >= 4 is 0 Å². The van der Waals surface area contributed by atoms with Gasteiger partial charge in [0.25, 0.3) is 0 Å². The maximum atomic E-state index is 2.45. The number of allylic oxidation sites excluding steroid dienone is 4. The van der Waals surface area contributed by atoms with Crippen LogP contribution in [-0.2, 0) is 0 Å². The zero-order valence-corrected chi connectivity index (χ0v) is 7.97. The second-order valence-corrected chi connectivity index (χ2v) is 4.05. The SMILES string of the molecule is CCC1=CC(C2CCCC2)=CC1. The Morgan fingerprint density at radius 1 is 1.33 bits per heavy atom. The molecule has 1 fully saturated rings. The standard InChI is InChI=1S/C12H18/c1-2-10-7-8-12(9-10)11-5-3-4-6-11/h8-9,11H,2-7H2,1H3. The van der Waals surface area contributed by atoms with Crippen LogP contribution in [0, 0.1) is 5.92 Å². The topological polar surface area (TPSA) is 0 Å². The van der Waals surface area contributed by atoms with Crippen molar-refractivity contribution in [1.82, 2.24) is 0 Å². The summed E-state index contributed by atoms with van der Waals surface area (Å²) in [7, 11) is 0. The van der Waals surface area contributed by atoms with Crippen molar-refractivity contribution in [3.05, 3.63) is 23.3 Å². The molecule has 0 aromatic carbocycles. The summed E-state index contributed by atoms with van der Waals surface area (Å²) >= 11 is 0. The van der Waals surface area contributed by atoms with E-state index < -0.39 is 0 Å². The highest BCUT2D eigenvalue weighted by atomic mass is 14.2. The first-order valence-electron chi connectivity index (χ1n) is 5.29. The van der Waals surface area contributed by atoms with Crippen LogP contribution in [0.4, 0.5) is 0 Å². The third kappa shape index (κ3) is 1.48. The molecular weight excluding hydrogens is 144 g/mol. The fraction of sp³-hybridized carbons (Fsp3) is 0.667. The Kier molecular flexibility index (Phi) is 2.34. The molecule has 0 amide bonds. The van der Waals surface area contributed by atoms with Gasteiger partial charge in [0.2, 0.25) is 0 Å². The summed E-state index contributed by atoms with van der Waals surface area (Å²) in [6, 6.07) is 0. The highest BCUT2D eigenvalue weighted by Crippen LogP contribution is 2.35. The van der Waals surface area contributed by atoms with Gasteiger partial charge in [-0.2, -0.15) is 0 Å². The van der Waals surface area contributed by atoms with Crippen LogP contribution in [0.1, 0.15) is 45.4 Å². The van der Waals surface area contributed by atoms with E-state index in [0.717, 1.165) is 5.92 Å². The molecule has 0 N–H and O–H groups in total. The molecule has 0 aromatic heterocycles. The third-order valence-corrected chi connectivity index (χ3v) is 3.25. The number of hydrogen-bond acceptors (Lipinski definition) is 0. The van der Waals surface area contributed by atoms with Crippen LogP contribution >= 0.6 is 0 Å². The molecule has 0 atom stereocenters.